The Kier molecular flexibility index (Phi) is 4.69. The van der Waals surface area contributed by atoms with Crippen molar-refractivity contribution in [1.29, 1.82) is 0 Å². The summed E-state index contributed by atoms with van der Waals surface area (Å²) in [6.07, 6.45) is 1.21. The first-order chi connectivity index (χ1) is 10.3. The Bertz CT molecular complexity index is 538. The van der Waals surface area contributed by atoms with Gasteiger partial charge in [-0.05, 0) is 31.0 Å². The molecule has 2 aromatic rings. The molecule has 110 valence electrons. The van der Waals surface area contributed by atoms with Crippen molar-refractivity contribution in [3.63, 3.8) is 0 Å². The second kappa shape index (κ2) is 6.88. The topological polar surface area (TPSA) is 15.3 Å². The molecule has 0 radical (unpaired) electrons. The fourth-order valence-electron chi connectivity index (χ4n) is 3.15. The number of rotatable bonds is 3. The van der Waals surface area contributed by atoms with E-state index in [1.807, 2.05) is 0 Å². The quantitative estimate of drug-likeness (QED) is 0.920. The van der Waals surface area contributed by atoms with Crippen molar-refractivity contribution >= 4 is 0 Å². The van der Waals surface area contributed by atoms with Gasteiger partial charge in [0.05, 0.1) is 0 Å². The summed E-state index contributed by atoms with van der Waals surface area (Å²) in [7, 11) is 0. The summed E-state index contributed by atoms with van der Waals surface area (Å²) in [5, 5.41) is 3.69. The van der Waals surface area contributed by atoms with Crippen LogP contribution in [0.3, 0.4) is 0 Å². The van der Waals surface area contributed by atoms with Crippen LogP contribution >= 0.6 is 0 Å². The number of nitrogens with zero attached hydrogens (tertiary/aromatic N) is 1. The maximum Gasteiger partial charge on any atom is 0.0449 e. The first-order valence-corrected chi connectivity index (χ1v) is 7.92. The minimum Gasteiger partial charge on any atom is -0.309 e. The van der Waals surface area contributed by atoms with Crippen LogP contribution in [0.1, 0.15) is 36.6 Å². The first-order valence-electron chi connectivity index (χ1n) is 7.92. The Hall–Kier alpha value is -1.64. The summed E-state index contributed by atoms with van der Waals surface area (Å²) >= 11 is 0. The van der Waals surface area contributed by atoms with E-state index in [9.17, 15) is 0 Å². The Morgan fingerprint density at radius 2 is 1.67 bits per heavy atom. The van der Waals surface area contributed by atoms with Crippen LogP contribution in [-0.4, -0.2) is 24.5 Å². The third-order valence-electron chi connectivity index (χ3n) is 4.46. The number of nitrogens with one attached hydrogen (secondary N) is 1. The van der Waals surface area contributed by atoms with Crippen molar-refractivity contribution < 1.29 is 0 Å². The molecule has 1 N–H and O–H groups in total. The van der Waals surface area contributed by atoms with Crippen LogP contribution < -0.4 is 5.32 Å². The average Bonchev–Trinajstić information content (AvgIpc) is 2.82. The van der Waals surface area contributed by atoms with Gasteiger partial charge in [0.25, 0.3) is 0 Å². The second-order valence-electron chi connectivity index (χ2n) is 5.85. The molecule has 1 aliphatic rings. The molecule has 2 atom stereocenters. The van der Waals surface area contributed by atoms with Crippen molar-refractivity contribution in [2.24, 2.45) is 0 Å². The fourth-order valence-corrected chi connectivity index (χ4v) is 3.15. The maximum absolute atomic E-state index is 3.69. The first kappa shape index (κ1) is 14.3. The molecule has 2 nitrogen and oxygen atoms in total. The predicted octanol–water partition coefficient (Wildman–Crippen LogP) is 3.78. The lowest BCUT2D eigenvalue weighted by atomic mass is 10.0. The summed E-state index contributed by atoms with van der Waals surface area (Å²) in [5.74, 6) is 0. The normalized spacial score (nSPS) is 21.7. The summed E-state index contributed by atoms with van der Waals surface area (Å²) in [5.41, 5.74) is 2.80. The summed E-state index contributed by atoms with van der Waals surface area (Å²) in [6, 6.07) is 22.5. The summed E-state index contributed by atoms with van der Waals surface area (Å²) in [4.78, 5) is 2.60. The van der Waals surface area contributed by atoms with Crippen molar-refractivity contribution in [3.05, 3.63) is 71.8 Å². The Labute approximate surface area is 127 Å². The highest BCUT2D eigenvalue weighted by atomic mass is 15.2. The van der Waals surface area contributed by atoms with Gasteiger partial charge >= 0.3 is 0 Å². The molecule has 2 heteroatoms. The lowest BCUT2D eigenvalue weighted by molar-refractivity contribution is 0.207. The molecule has 1 aliphatic heterocycles. The largest absolute Gasteiger partial charge is 0.309 e. The van der Waals surface area contributed by atoms with Gasteiger partial charge in [0.15, 0.2) is 0 Å². The molecule has 2 unspecified atom stereocenters. The van der Waals surface area contributed by atoms with E-state index in [0.29, 0.717) is 12.1 Å². The molecule has 2 aromatic carbocycles. The number of hydrogen-bond donors (Lipinski definition) is 1. The van der Waals surface area contributed by atoms with Gasteiger partial charge in [0, 0.05) is 25.2 Å². The van der Waals surface area contributed by atoms with E-state index in [1.165, 1.54) is 17.5 Å². The minimum atomic E-state index is 0.430. The van der Waals surface area contributed by atoms with Crippen molar-refractivity contribution in [1.82, 2.24) is 10.2 Å². The highest BCUT2D eigenvalue weighted by molar-refractivity contribution is 5.21. The van der Waals surface area contributed by atoms with Crippen molar-refractivity contribution in [3.8, 4) is 0 Å². The predicted molar refractivity (Wildman–Crippen MR) is 88.2 cm³/mol. The molecular formula is C19H24N2. The van der Waals surface area contributed by atoms with Gasteiger partial charge in [-0.25, -0.2) is 0 Å². The third kappa shape index (κ3) is 3.52. The average molecular weight is 280 g/mol. The van der Waals surface area contributed by atoms with Crippen LogP contribution in [-0.2, 0) is 0 Å². The van der Waals surface area contributed by atoms with Gasteiger partial charge in [-0.1, -0.05) is 60.7 Å². The van der Waals surface area contributed by atoms with Crippen molar-refractivity contribution in [2.75, 3.05) is 19.6 Å². The molecule has 0 amide bonds. The lowest BCUT2D eigenvalue weighted by Crippen LogP contribution is -2.33. The molecule has 0 aliphatic carbocycles. The van der Waals surface area contributed by atoms with Crippen LogP contribution in [0.2, 0.25) is 0 Å². The molecule has 0 bridgehead atoms. The van der Waals surface area contributed by atoms with E-state index in [1.54, 1.807) is 0 Å². The lowest BCUT2D eigenvalue weighted by Gasteiger charge is -2.30. The Balaban J connectivity index is 1.76. The van der Waals surface area contributed by atoms with Crippen LogP contribution in [0.5, 0.6) is 0 Å². The van der Waals surface area contributed by atoms with Gasteiger partial charge in [0.2, 0.25) is 0 Å². The monoisotopic (exact) mass is 280 g/mol. The van der Waals surface area contributed by atoms with Crippen LogP contribution in [0.4, 0.5) is 0 Å². The fraction of sp³-hybridized carbons (Fsp3) is 0.368. The van der Waals surface area contributed by atoms with Crippen LogP contribution in [0.15, 0.2) is 60.7 Å². The maximum atomic E-state index is 3.69. The molecule has 21 heavy (non-hydrogen) atoms. The number of hydrogen-bond acceptors (Lipinski definition) is 2. The van der Waals surface area contributed by atoms with Gasteiger partial charge < -0.3 is 5.32 Å². The molecular weight excluding hydrogens is 256 g/mol. The highest BCUT2D eigenvalue weighted by Crippen LogP contribution is 2.25. The zero-order chi connectivity index (χ0) is 14.5. The zero-order valence-electron chi connectivity index (χ0n) is 12.7. The summed E-state index contributed by atoms with van der Waals surface area (Å²) in [6.45, 7) is 5.65. The van der Waals surface area contributed by atoms with E-state index in [-0.39, 0.29) is 0 Å². The molecule has 1 saturated heterocycles. The van der Waals surface area contributed by atoms with Gasteiger partial charge in [-0.3, -0.25) is 4.90 Å². The molecule has 1 heterocycles. The molecule has 0 spiro atoms. The van der Waals surface area contributed by atoms with E-state index in [2.05, 4.69) is 77.8 Å². The molecule has 3 rings (SSSR count). The SMILES string of the molecule is CC(c1ccccc1)N1CCCNC(c2ccccc2)C1. The van der Waals surface area contributed by atoms with E-state index in [0.717, 1.165) is 19.6 Å². The molecule has 0 aromatic heterocycles. The van der Waals surface area contributed by atoms with Crippen LogP contribution in [0.25, 0.3) is 0 Å². The van der Waals surface area contributed by atoms with E-state index < -0.39 is 0 Å². The molecule has 0 saturated carbocycles. The van der Waals surface area contributed by atoms with Crippen LogP contribution in [0, 0.1) is 0 Å². The number of benzene rings is 2. The van der Waals surface area contributed by atoms with Gasteiger partial charge in [-0.15, -0.1) is 0 Å². The van der Waals surface area contributed by atoms with Gasteiger partial charge in [-0.2, -0.15) is 0 Å². The zero-order valence-corrected chi connectivity index (χ0v) is 12.7. The highest BCUT2D eigenvalue weighted by Gasteiger charge is 2.23. The third-order valence-corrected chi connectivity index (χ3v) is 4.46. The minimum absolute atomic E-state index is 0.430. The smallest absolute Gasteiger partial charge is 0.0449 e. The van der Waals surface area contributed by atoms with E-state index in [4.69, 9.17) is 0 Å². The summed E-state index contributed by atoms with van der Waals surface area (Å²) < 4.78 is 0. The van der Waals surface area contributed by atoms with E-state index >= 15 is 0 Å². The van der Waals surface area contributed by atoms with Crippen molar-refractivity contribution in [2.45, 2.75) is 25.4 Å². The van der Waals surface area contributed by atoms with Gasteiger partial charge in [0.1, 0.15) is 0 Å². The standard InChI is InChI=1S/C19H24N2/c1-16(17-9-4-2-5-10-17)21-14-8-13-20-19(15-21)18-11-6-3-7-12-18/h2-7,9-12,16,19-20H,8,13-15H2,1H3. The Morgan fingerprint density at radius 1 is 1.00 bits per heavy atom. The molecule has 1 fully saturated rings. The second-order valence-corrected chi connectivity index (χ2v) is 5.85. The Morgan fingerprint density at radius 3 is 2.38 bits per heavy atom.